The van der Waals surface area contributed by atoms with Gasteiger partial charge in [0.15, 0.2) is 0 Å². The van der Waals surface area contributed by atoms with Crippen molar-refractivity contribution in [3.63, 3.8) is 0 Å². The van der Waals surface area contributed by atoms with Crippen molar-refractivity contribution >= 4 is 57.6 Å². The lowest BCUT2D eigenvalue weighted by Gasteiger charge is -2.15. The first-order valence-corrected chi connectivity index (χ1v) is 16.1. The number of nitrogens with zero attached hydrogens (tertiary/aromatic N) is 2. The highest BCUT2D eigenvalue weighted by Gasteiger charge is 2.25. The summed E-state index contributed by atoms with van der Waals surface area (Å²) in [7, 11) is 0. The van der Waals surface area contributed by atoms with E-state index in [0.717, 1.165) is 36.1 Å². The van der Waals surface area contributed by atoms with Gasteiger partial charge in [0, 0.05) is 33.4 Å². The van der Waals surface area contributed by atoms with E-state index in [0.29, 0.717) is 33.8 Å². The van der Waals surface area contributed by atoms with Gasteiger partial charge >= 0.3 is 0 Å². The van der Waals surface area contributed by atoms with E-state index in [1.807, 2.05) is 19.1 Å². The van der Waals surface area contributed by atoms with Gasteiger partial charge in [-0.1, -0.05) is 37.3 Å². The number of thioether (sulfide) groups is 1. The van der Waals surface area contributed by atoms with Crippen molar-refractivity contribution in [3.05, 3.63) is 112 Å². The summed E-state index contributed by atoms with van der Waals surface area (Å²) in [6, 6.07) is 21.7. The van der Waals surface area contributed by atoms with Crippen molar-refractivity contribution in [2.45, 2.75) is 49.2 Å². The number of rotatable bonds is 10. The molecule has 0 saturated carbocycles. The van der Waals surface area contributed by atoms with Gasteiger partial charge in [-0.3, -0.25) is 19.4 Å². The van der Waals surface area contributed by atoms with Crippen molar-refractivity contribution in [3.8, 4) is 6.07 Å². The number of aromatic nitrogens is 1. The average molecular weight is 622 g/mol. The van der Waals surface area contributed by atoms with Crippen LogP contribution in [0.25, 0.3) is 6.08 Å². The van der Waals surface area contributed by atoms with Crippen LogP contribution in [0.3, 0.4) is 0 Å². The van der Waals surface area contributed by atoms with Gasteiger partial charge in [0.1, 0.15) is 16.8 Å². The molecule has 44 heavy (non-hydrogen) atoms. The minimum absolute atomic E-state index is 0.0580. The molecule has 2 aromatic carbocycles. The van der Waals surface area contributed by atoms with Crippen LogP contribution in [0.1, 0.15) is 58.1 Å². The van der Waals surface area contributed by atoms with Crippen LogP contribution in [0.5, 0.6) is 0 Å². The molecular weight excluding hydrogens is 591 g/mol. The molecule has 0 saturated heterocycles. The van der Waals surface area contributed by atoms with Crippen molar-refractivity contribution in [2.75, 3.05) is 10.6 Å². The number of anilines is 2. The fourth-order valence-corrected chi connectivity index (χ4v) is 7.12. The first-order valence-electron chi connectivity index (χ1n) is 14.4. The highest BCUT2D eigenvalue weighted by atomic mass is 32.2. The monoisotopic (exact) mass is 621 g/mol. The van der Waals surface area contributed by atoms with Crippen LogP contribution in [0.2, 0.25) is 0 Å². The molecule has 0 spiro atoms. The second kappa shape index (κ2) is 14.6. The molecule has 5 rings (SSSR count). The Labute approximate surface area is 264 Å². The molecule has 222 valence electrons. The molecule has 1 unspecified atom stereocenters. The van der Waals surface area contributed by atoms with Crippen LogP contribution in [0.4, 0.5) is 10.7 Å². The number of aryl methyl sites for hydroxylation is 1. The van der Waals surface area contributed by atoms with Gasteiger partial charge in [-0.05, 0) is 85.7 Å². The van der Waals surface area contributed by atoms with Crippen LogP contribution in [0, 0.1) is 11.3 Å². The van der Waals surface area contributed by atoms with Crippen LogP contribution in [-0.4, -0.2) is 28.0 Å². The van der Waals surface area contributed by atoms with E-state index in [1.54, 1.807) is 73.1 Å². The molecule has 2 aromatic heterocycles. The molecule has 0 radical (unpaired) electrons. The fraction of sp³-hybridized carbons (Fsp3) is 0.206. The van der Waals surface area contributed by atoms with E-state index in [1.165, 1.54) is 28.0 Å². The quantitative estimate of drug-likeness (QED) is 0.132. The zero-order chi connectivity index (χ0) is 30.9. The predicted octanol–water partition coefficient (Wildman–Crippen LogP) is 6.81. The summed E-state index contributed by atoms with van der Waals surface area (Å²) in [6.45, 7) is 1.94. The van der Waals surface area contributed by atoms with Gasteiger partial charge in [-0.15, -0.1) is 23.1 Å². The highest BCUT2D eigenvalue weighted by molar-refractivity contribution is 8.00. The molecule has 1 aliphatic carbocycles. The Morgan fingerprint density at radius 1 is 1.05 bits per heavy atom. The normalized spacial score (nSPS) is 13.2. The fourth-order valence-electron chi connectivity index (χ4n) is 4.87. The van der Waals surface area contributed by atoms with Crippen molar-refractivity contribution in [1.29, 1.82) is 5.26 Å². The maximum absolute atomic E-state index is 13.4. The summed E-state index contributed by atoms with van der Waals surface area (Å²) < 4.78 is 0. The molecule has 0 fully saturated rings. The number of pyridine rings is 1. The van der Waals surface area contributed by atoms with E-state index < -0.39 is 17.1 Å². The number of hydrogen-bond donors (Lipinski definition) is 3. The van der Waals surface area contributed by atoms with Crippen molar-refractivity contribution < 1.29 is 14.4 Å². The van der Waals surface area contributed by atoms with E-state index in [-0.39, 0.29) is 11.6 Å². The van der Waals surface area contributed by atoms with Crippen molar-refractivity contribution in [1.82, 2.24) is 10.3 Å². The third-order valence-corrected chi connectivity index (χ3v) is 9.64. The molecule has 8 nitrogen and oxygen atoms in total. The Morgan fingerprint density at radius 3 is 2.61 bits per heavy atom. The predicted molar refractivity (Wildman–Crippen MR) is 175 cm³/mol. The second-order valence-electron chi connectivity index (χ2n) is 10.2. The van der Waals surface area contributed by atoms with Crippen LogP contribution in [0.15, 0.2) is 89.7 Å². The number of thiophene rings is 1. The first kappa shape index (κ1) is 30.7. The number of carbonyl (C=O) groups excluding carboxylic acids is 3. The maximum Gasteiger partial charge on any atom is 0.272 e. The number of benzene rings is 2. The van der Waals surface area contributed by atoms with Gasteiger partial charge in [0.25, 0.3) is 11.8 Å². The molecule has 3 amide bonds. The zero-order valence-electron chi connectivity index (χ0n) is 24.1. The van der Waals surface area contributed by atoms with Gasteiger partial charge in [0.05, 0.1) is 10.8 Å². The third kappa shape index (κ3) is 7.61. The van der Waals surface area contributed by atoms with E-state index >= 15 is 0 Å². The van der Waals surface area contributed by atoms with E-state index in [4.69, 9.17) is 0 Å². The molecule has 0 bridgehead atoms. The molecule has 4 aromatic rings. The first-order chi connectivity index (χ1) is 21.4. The SMILES string of the molecule is CCC(Sc1cccc(NC(=O)/C(=C/c2cccnc2)NC(=O)c2ccccc2)c1)C(=O)Nc1sc2c(c1C#N)CCCC2. The summed E-state index contributed by atoms with van der Waals surface area (Å²) in [6.07, 6.45) is 9.36. The maximum atomic E-state index is 13.4. The number of carbonyl (C=O) groups is 3. The number of fused-ring (bicyclic) bond motifs is 1. The molecule has 1 aliphatic rings. The topological polar surface area (TPSA) is 124 Å². The molecule has 3 N–H and O–H groups in total. The summed E-state index contributed by atoms with van der Waals surface area (Å²) in [5.74, 6) is -1.08. The molecule has 1 atom stereocenters. The Balaban J connectivity index is 1.29. The summed E-state index contributed by atoms with van der Waals surface area (Å²) in [5.41, 5.74) is 3.32. The zero-order valence-corrected chi connectivity index (χ0v) is 25.8. The van der Waals surface area contributed by atoms with Crippen molar-refractivity contribution in [2.24, 2.45) is 0 Å². The number of nitrogens with one attached hydrogen (secondary N) is 3. The van der Waals surface area contributed by atoms with E-state index in [9.17, 15) is 19.6 Å². The summed E-state index contributed by atoms with van der Waals surface area (Å²) in [4.78, 5) is 45.7. The van der Waals surface area contributed by atoms with E-state index in [2.05, 4.69) is 27.0 Å². The Morgan fingerprint density at radius 2 is 1.86 bits per heavy atom. The van der Waals surface area contributed by atoms with Gasteiger partial charge in [-0.2, -0.15) is 5.26 Å². The summed E-state index contributed by atoms with van der Waals surface area (Å²) >= 11 is 2.90. The van der Waals surface area contributed by atoms with Gasteiger partial charge in [-0.25, -0.2) is 0 Å². The lowest BCUT2D eigenvalue weighted by molar-refractivity contribution is -0.116. The van der Waals surface area contributed by atoms with Gasteiger partial charge < -0.3 is 16.0 Å². The Bertz CT molecular complexity index is 1730. The average Bonchev–Trinajstić information content (AvgIpc) is 3.41. The standard InChI is InChI=1S/C34H31N5O3S2/c1-2-29(33(42)39-34-27(20-35)26-15-6-7-16-30(26)44-34)43-25-14-8-13-24(19-25)37-32(41)28(18-22-10-9-17-36-21-22)38-31(40)23-11-4-3-5-12-23/h3-5,8-14,17-19,21,29H,2,6-7,15-16H2,1H3,(H,37,41)(H,38,40)(H,39,42)/b28-18-. The second-order valence-corrected chi connectivity index (χ2v) is 12.6. The number of nitriles is 1. The largest absolute Gasteiger partial charge is 0.321 e. The minimum Gasteiger partial charge on any atom is -0.321 e. The van der Waals surface area contributed by atoms with Crippen LogP contribution >= 0.6 is 23.1 Å². The van der Waals surface area contributed by atoms with Crippen LogP contribution < -0.4 is 16.0 Å². The smallest absolute Gasteiger partial charge is 0.272 e. The minimum atomic E-state index is -0.504. The number of amides is 3. The summed E-state index contributed by atoms with van der Waals surface area (Å²) in [5, 5.41) is 18.6. The van der Waals surface area contributed by atoms with Crippen LogP contribution in [-0.2, 0) is 22.4 Å². The Hall–Kier alpha value is -4.72. The molecule has 10 heteroatoms. The lowest BCUT2D eigenvalue weighted by Crippen LogP contribution is -2.30. The number of hydrogen-bond acceptors (Lipinski definition) is 7. The lowest BCUT2D eigenvalue weighted by atomic mass is 9.96. The molecule has 0 aliphatic heterocycles. The van der Waals surface area contributed by atoms with Gasteiger partial charge in [0.2, 0.25) is 5.91 Å². The third-order valence-electron chi connectivity index (χ3n) is 7.08. The molecule has 2 heterocycles. The molecular formula is C34H31N5O3S2. The highest BCUT2D eigenvalue weighted by Crippen LogP contribution is 2.38. The Kier molecular flexibility index (Phi) is 10.2.